The van der Waals surface area contributed by atoms with E-state index in [9.17, 15) is 9.18 Å². The molecule has 2 aromatic heterocycles. The first-order valence-corrected chi connectivity index (χ1v) is 7.06. The quantitative estimate of drug-likeness (QED) is 0.942. The van der Waals surface area contributed by atoms with Gasteiger partial charge in [0, 0.05) is 19.0 Å². The zero-order valence-corrected chi connectivity index (χ0v) is 12.4. The first-order valence-electron chi connectivity index (χ1n) is 6.18. The van der Waals surface area contributed by atoms with Crippen LogP contribution in [0.5, 0.6) is 0 Å². The van der Waals surface area contributed by atoms with E-state index in [2.05, 4.69) is 10.3 Å². The molecule has 6 heteroatoms. The molecule has 0 saturated carbocycles. The predicted octanol–water partition coefficient (Wildman–Crippen LogP) is 3.16. The van der Waals surface area contributed by atoms with Gasteiger partial charge in [-0.05, 0) is 24.4 Å². The average molecular weight is 293 g/mol. The SMILES string of the molecule is CNc1ncc(F)cc1C(=O)N(C)C(C)c1cccs1. The minimum atomic E-state index is -0.524. The van der Waals surface area contributed by atoms with Gasteiger partial charge in [0.2, 0.25) is 0 Å². The molecular formula is C14H16FN3OS. The maximum absolute atomic E-state index is 13.3. The average Bonchev–Trinajstić information content (AvgIpc) is 2.99. The highest BCUT2D eigenvalue weighted by molar-refractivity contribution is 7.10. The Kier molecular flexibility index (Phi) is 4.34. The van der Waals surface area contributed by atoms with Gasteiger partial charge in [0.25, 0.3) is 5.91 Å². The molecule has 2 aromatic rings. The van der Waals surface area contributed by atoms with E-state index >= 15 is 0 Å². The van der Waals surface area contributed by atoms with E-state index in [0.29, 0.717) is 5.82 Å². The molecule has 0 aromatic carbocycles. The van der Waals surface area contributed by atoms with Crippen LogP contribution in [-0.2, 0) is 0 Å². The van der Waals surface area contributed by atoms with Crippen molar-refractivity contribution in [3.05, 3.63) is 46.0 Å². The lowest BCUT2D eigenvalue weighted by molar-refractivity contribution is 0.0745. The van der Waals surface area contributed by atoms with Gasteiger partial charge in [-0.15, -0.1) is 11.3 Å². The molecule has 0 fully saturated rings. The first kappa shape index (κ1) is 14.5. The Hall–Kier alpha value is -1.95. The lowest BCUT2D eigenvalue weighted by Crippen LogP contribution is -2.30. The van der Waals surface area contributed by atoms with Crippen molar-refractivity contribution >= 4 is 23.1 Å². The van der Waals surface area contributed by atoms with Crippen molar-refractivity contribution < 1.29 is 9.18 Å². The molecule has 106 valence electrons. The second-order valence-corrected chi connectivity index (χ2v) is 5.39. The number of thiophene rings is 1. The molecule has 4 nitrogen and oxygen atoms in total. The summed E-state index contributed by atoms with van der Waals surface area (Å²) >= 11 is 1.59. The Bertz CT molecular complexity index is 600. The van der Waals surface area contributed by atoms with E-state index in [4.69, 9.17) is 0 Å². The third-order valence-corrected chi connectivity index (χ3v) is 4.22. The standard InChI is InChI=1S/C14H16FN3OS/c1-9(12-5-4-6-20-12)18(3)14(19)11-7-10(15)8-17-13(11)16-2/h4-9H,1-3H3,(H,16,17). The van der Waals surface area contributed by atoms with Crippen LogP contribution in [0.1, 0.15) is 28.2 Å². The fraction of sp³-hybridized carbons (Fsp3) is 0.286. The van der Waals surface area contributed by atoms with E-state index in [1.54, 1.807) is 30.3 Å². The van der Waals surface area contributed by atoms with Crippen LogP contribution in [0.4, 0.5) is 10.2 Å². The summed E-state index contributed by atoms with van der Waals surface area (Å²) in [6.45, 7) is 1.94. The van der Waals surface area contributed by atoms with Gasteiger partial charge in [-0.1, -0.05) is 6.07 Å². The van der Waals surface area contributed by atoms with Crippen LogP contribution in [0.25, 0.3) is 0 Å². The number of amides is 1. The highest BCUT2D eigenvalue weighted by Gasteiger charge is 2.22. The molecule has 0 spiro atoms. The van der Waals surface area contributed by atoms with Gasteiger partial charge in [0.05, 0.1) is 17.8 Å². The third-order valence-electron chi connectivity index (χ3n) is 3.18. The topological polar surface area (TPSA) is 45.2 Å². The summed E-state index contributed by atoms with van der Waals surface area (Å²) in [6, 6.07) is 5.05. The van der Waals surface area contributed by atoms with Gasteiger partial charge >= 0.3 is 0 Å². The molecule has 0 radical (unpaired) electrons. The van der Waals surface area contributed by atoms with Gasteiger partial charge in [0.1, 0.15) is 11.6 Å². The number of nitrogens with zero attached hydrogens (tertiary/aromatic N) is 2. The maximum atomic E-state index is 13.3. The van der Waals surface area contributed by atoms with Crippen LogP contribution >= 0.6 is 11.3 Å². The second-order valence-electron chi connectivity index (χ2n) is 4.41. The van der Waals surface area contributed by atoms with Gasteiger partial charge in [-0.25, -0.2) is 9.37 Å². The second kappa shape index (κ2) is 6.00. The molecule has 1 amide bonds. The number of carbonyl (C=O) groups excluding carboxylic acids is 1. The van der Waals surface area contributed by atoms with Crippen molar-refractivity contribution in [2.45, 2.75) is 13.0 Å². The van der Waals surface area contributed by atoms with Crippen molar-refractivity contribution in [1.29, 1.82) is 0 Å². The third kappa shape index (κ3) is 2.80. The molecule has 0 aliphatic rings. The molecule has 20 heavy (non-hydrogen) atoms. The van der Waals surface area contributed by atoms with Crippen LogP contribution in [0.15, 0.2) is 29.8 Å². The Morgan fingerprint density at radius 1 is 1.55 bits per heavy atom. The van der Waals surface area contributed by atoms with Crippen molar-refractivity contribution in [2.75, 3.05) is 19.4 Å². The van der Waals surface area contributed by atoms with Crippen molar-refractivity contribution in [1.82, 2.24) is 9.88 Å². The Labute approximate surface area is 121 Å². The van der Waals surface area contributed by atoms with Gasteiger partial charge < -0.3 is 10.2 Å². The number of anilines is 1. The Morgan fingerprint density at radius 3 is 2.90 bits per heavy atom. The summed E-state index contributed by atoms with van der Waals surface area (Å²) in [4.78, 5) is 19.1. The molecule has 2 heterocycles. The molecule has 0 saturated heterocycles. The Morgan fingerprint density at radius 2 is 2.30 bits per heavy atom. The smallest absolute Gasteiger partial charge is 0.257 e. The van der Waals surface area contributed by atoms with Crippen LogP contribution < -0.4 is 5.32 Å². The van der Waals surface area contributed by atoms with Crippen LogP contribution in [0.3, 0.4) is 0 Å². The summed E-state index contributed by atoms with van der Waals surface area (Å²) in [5, 5.41) is 4.77. The summed E-state index contributed by atoms with van der Waals surface area (Å²) < 4.78 is 13.3. The van der Waals surface area contributed by atoms with Gasteiger partial charge in [-0.3, -0.25) is 4.79 Å². The number of rotatable bonds is 4. The highest BCUT2D eigenvalue weighted by atomic mass is 32.1. The van der Waals surface area contributed by atoms with E-state index < -0.39 is 5.82 Å². The van der Waals surface area contributed by atoms with E-state index in [1.165, 1.54) is 6.07 Å². The van der Waals surface area contributed by atoms with E-state index in [1.807, 2.05) is 24.4 Å². The van der Waals surface area contributed by atoms with E-state index in [0.717, 1.165) is 11.1 Å². The summed E-state index contributed by atoms with van der Waals surface area (Å²) in [7, 11) is 3.36. The number of nitrogens with one attached hydrogen (secondary N) is 1. The monoisotopic (exact) mass is 293 g/mol. The summed E-state index contributed by atoms with van der Waals surface area (Å²) in [5.74, 6) is -0.409. The molecule has 0 bridgehead atoms. The van der Waals surface area contributed by atoms with E-state index in [-0.39, 0.29) is 17.5 Å². The molecule has 2 rings (SSSR count). The maximum Gasteiger partial charge on any atom is 0.257 e. The number of carbonyl (C=O) groups is 1. The molecule has 1 unspecified atom stereocenters. The molecule has 0 aliphatic carbocycles. The number of aromatic nitrogens is 1. The fourth-order valence-electron chi connectivity index (χ4n) is 1.89. The van der Waals surface area contributed by atoms with Crippen molar-refractivity contribution in [3.8, 4) is 0 Å². The minimum Gasteiger partial charge on any atom is -0.372 e. The largest absolute Gasteiger partial charge is 0.372 e. The molecule has 1 N–H and O–H groups in total. The molecule has 1 atom stereocenters. The number of halogens is 1. The number of hydrogen-bond acceptors (Lipinski definition) is 4. The minimum absolute atomic E-state index is 0.0736. The zero-order valence-electron chi connectivity index (χ0n) is 11.6. The van der Waals surface area contributed by atoms with Gasteiger partial charge in [-0.2, -0.15) is 0 Å². The normalized spacial score (nSPS) is 12.0. The highest BCUT2D eigenvalue weighted by Crippen LogP contribution is 2.26. The number of pyridine rings is 1. The lowest BCUT2D eigenvalue weighted by atomic mass is 10.1. The first-order chi connectivity index (χ1) is 9.54. The van der Waals surface area contributed by atoms with Crippen LogP contribution in [0, 0.1) is 5.82 Å². The predicted molar refractivity (Wildman–Crippen MR) is 78.6 cm³/mol. The summed E-state index contributed by atoms with van der Waals surface area (Å²) in [6.07, 6.45) is 1.09. The number of hydrogen-bond donors (Lipinski definition) is 1. The zero-order chi connectivity index (χ0) is 14.7. The molecule has 0 aliphatic heterocycles. The lowest BCUT2D eigenvalue weighted by Gasteiger charge is -2.24. The summed E-state index contributed by atoms with van der Waals surface area (Å²) in [5.41, 5.74) is 0.235. The van der Waals surface area contributed by atoms with Crippen molar-refractivity contribution in [2.24, 2.45) is 0 Å². The molecular weight excluding hydrogens is 277 g/mol. The van der Waals surface area contributed by atoms with Gasteiger partial charge in [0.15, 0.2) is 0 Å². The van der Waals surface area contributed by atoms with Crippen LogP contribution in [-0.4, -0.2) is 29.9 Å². The Balaban J connectivity index is 2.29. The van der Waals surface area contributed by atoms with Crippen molar-refractivity contribution in [3.63, 3.8) is 0 Å². The van der Waals surface area contributed by atoms with Crippen LogP contribution in [0.2, 0.25) is 0 Å². The fourth-order valence-corrected chi connectivity index (χ4v) is 2.71.